The molecule has 1 aliphatic rings. The minimum absolute atomic E-state index is 0.251. The van der Waals surface area contributed by atoms with E-state index in [4.69, 9.17) is 11.6 Å². The van der Waals surface area contributed by atoms with Crippen molar-refractivity contribution in [1.29, 1.82) is 0 Å². The lowest BCUT2D eigenvalue weighted by atomic mass is 9.84. The van der Waals surface area contributed by atoms with Gasteiger partial charge in [-0.15, -0.1) is 0 Å². The van der Waals surface area contributed by atoms with Crippen molar-refractivity contribution in [2.75, 3.05) is 7.05 Å². The second-order valence-electron chi connectivity index (χ2n) is 6.04. The molecule has 21 heavy (non-hydrogen) atoms. The van der Waals surface area contributed by atoms with Crippen molar-refractivity contribution >= 4 is 35.8 Å². The van der Waals surface area contributed by atoms with Gasteiger partial charge in [-0.25, -0.2) is 9.71 Å². The van der Waals surface area contributed by atoms with E-state index in [-0.39, 0.29) is 5.54 Å². The summed E-state index contributed by atoms with van der Waals surface area (Å²) in [6.07, 6.45) is 8.37. The molecule has 5 heteroatoms. The van der Waals surface area contributed by atoms with Crippen LogP contribution >= 0.6 is 23.7 Å². The Hall–Kier alpha value is -0.710. The van der Waals surface area contributed by atoms with Gasteiger partial charge >= 0.3 is 0 Å². The molecule has 1 N–H and O–H groups in total. The highest BCUT2D eigenvalue weighted by molar-refractivity contribution is 7.95. The van der Waals surface area contributed by atoms with Gasteiger partial charge in [0.05, 0.1) is 5.69 Å². The fourth-order valence-corrected chi connectivity index (χ4v) is 3.44. The quantitative estimate of drug-likeness (QED) is 0.463. The maximum atomic E-state index is 5.95. The number of nitrogens with zero attached hydrogens (tertiary/aromatic N) is 2. The van der Waals surface area contributed by atoms with Crippen LogP contribution in [0.1, 0.15) is 44.6 Å². The molecule has 1 aromatic rings. The van der Waals surface area contributed by atoms with Crippen molar-refractivity contribution in [2.24, 2.45) is 4.99 Å². The minimum Gasteiger partial charge on any atom is -0.297 e. The second-order valence-corrected chi connectivity index (χ2v) is 7.44. The van der Waals surface area contributed by atoms with Crippen LogP contribution in [-0.2, 0) is 0 Å². The molecule has 0 amide bonds. The smallest absolute Gasteiger partial charge is 0.102 e. The molecule has 0 bridgehead atoms. The number of aliphatic imine (C=N–C) groups is 1. The van der Waals surface area contributed by atoms with E-state index in [9.17, 15) is 0 Å². The van der Waals surface area contributed by atoms with Crippen molar-refractivity contribution in [1.82, 2.24) is 9.03 Å². The number of benzene rings is 1. The monoisotopic (exact) mass is 325 g/mol. The first-order chi connectivity index (χ1) is 9.98. The summed E-state index contributed by atoms with van der Waals surface area (Å²) >= 11 is 7.57. The van der Waals surface area contributed by atoms with E-state index < -0.39 is 0 Å². The summed E-state index contributed by atoms with van der Waals surface area (Å²) in [6.45, 7) is 4.33. The standard InChI is InChI=1S/C16H24ClN3S/c1-13-11-14(17)7-8-15(13)18-12-20(3)21-19-16(2)9-5-4-6-10-16/h7-8,11-12,19H,4-6,9-10H2,1-3H3. The Kier molecular flexibility index (Phi) is 5.97. The fraction of sp³-hybridized carbons (Fsp3) is 0.562. The third-order valence-corrected chi connectivity index (χ3v) is 5.11. The zero-order chi connectivity index (χ0) is 15.3. The minimum atomic E-state index is 0.251. The molecule has 3 nitrogen and oxygen atoms in total. The molecule has 0 spiro atoms. The van der Waals surface area contributed by atoms with Crippen LogP contribution in [0.3, 0.4) is 0 Å². The van der Waals surface area contributed by atoms with Crippen molar-refractivity contribution in [3.8, 4) is 0 Å². The van der Waals surface area contributed by atoms with Crippen molar-refractivity contribution in [3.05, 3.63) is 28.8 Å². The van der Waals surface area contributed by atoms with E-state index >= 15 is 0 Å². The summed E-state index contributed by atoms with van der Waals surface area (Å²) in [5.41, 5.74) is 2.29. The second kappa shape index (κ2) is 7.52. The first-order valence-corrected chi connectivity index (χ1v) is 8.61. The molecule has 0 unspecified atom stereocenters. The van der Waals surface area contributed by atoms with Gasteiger partial charge in [0, 0.05) is 29.7 Å². The molecule has 1 saturated carbocycles. The third-order valence-electron chi connectivity index (χ3n) is 3.91. The van der Waals surface area contributed by atoms with Crippen molar-refractivity contribution in [3.63, 3.8) is 0 Å². The molecule has 0 aliphatic heterocycles. The summed E-state index contributed by atoms with van der Waals surface area (Å²) < 4.78 is 5.60. The Morgan fingerprint density at radius 3 is 2.71 bits per heavy atom. The van der Waals surface area contributed by atoms with Crippen LogP contribution < -0.4 is 4.72 Å². The molecule has 1 fully saturated rings. The summed E-state index contributed by atoms with van der Waals surface area (Å²) in [6, 6.07) is 5.75. The summed E-state index contributed by atoms with van der Waals surface area (Å²) in [5.74, 6) is 0. The topological polar surface area (TPSA) is 27.6 Å². The van der Waals surface area contributed by atoms with Gasteiger partial charge in [0.2, 0.25) is 0 Å². The highest BCUT2D eigenvalue weighted by Crippen LogP contribution is 2.29. The Morgan fingerprint density at radius 1 is 1.33 bits per heavy atom. The Morgan fingerprint density at radius 2 is 2.05 bits per heavy atom. The third kappa shape index (κ3) is 5.20. The Balaban J connectivity index is 1.86. The molecule has 0 aromatic heterocycles. The van der Waals surface area contributed by atoms with E-state index in [1.807, 2.05) is 42.8 Å². The van der Waals surface area contributed by atoms with E-state index in [0.717, 1.165) is 16.3 Å². The van der Waals surface area contributed by atoms with Gasteiger partial charge < -0.3 is 0 Å². The van der Waals surface area contributed by atoms with E-state index in [1.54, 1.807) is 12.1 Å². The molecule has 116 valence electrons. The lowest BCUT2D eigenvalue weighted by Crippen LogP contribution is -2.41. The van der Waals surface area contributed by atoms with Crippen molar-refractivity contribution < 1.29 is 0 Å². The van der Waals surface area contributed by atoms with Crippen LogP contribution in [0.25, 0.3) is 0 Å². The van der Waals surface area contributed by atoms with Gasteiger partial charge in [0.15, 0.2) is 0 Å². The van der Waals surface area contributed by atoms with Crippen LogP contribution in [-0.4, -0.2) is 23.2 Å². The SMILES string of the molecule is Cc1cc(Cl)ccc1N=CN(C)SNC1(C)CCCCC1. The lowest BCUT2D eigenvalue weighted by molar-refractivity contribution is 0.300. The van der Waals surface area contributed by atoms with Crippen LogP contribution in [0, 0.1) is 6.92 Å². The van der Waals surface area contributed by atoms with Crippen LogP contribution in [0.15, 0.2) is 23.2 Å². The Bertz CT molecular complexity index is 498. The maximum Gasteiger partial charge on any atom is 0.102 e. The van der Waals surface area contributed by atoms with Gasteiger partial charge in [-0.2, -0.15) is 0 Å². The van der Waals surface area contributed by atoms with Crippen molar-refractivity contribution in [2.45, 2.75) is 51.5 Å². The zero-order valence-corrected chi connectivity index (χ0v) is 14.6. The molecular weight excluding hydrogens is 302 g/mol. The van der Waals surface area contributed by atoms with Gasteiger partial charge in [-0.1, -0.05) is 30.9 Å². The van der Waals surface area contributed by atoms with Crippen LogP contribution in [0.2, 0.25) is 5.02 Å². The van der Waals surface area contributed by atoms with E-state index in [1.165, 1.54) is 32.1 Å². The van der Waals surface area contributed by atoms with Gasteiger partial charge in [-0.05, 0) is 50.5 Å². The lowest BCUT2D eigenvalue weighted by Gasteiger charge is -2.34. The summed E-state index contributed by atoms with van der Waals surface area (Å²) in [4.78, 5) is 4.51. The molecule has 0 atom stereocenters. The zero-order valence-electron chi connectivity index (χ0n) is 13.0. The van der Waals surface area contributed by atoms with Gasteiger partial charge in [-0.3, -0.25) is 4.31 Å². The highest BCUT2D eigenvalue weighted by Gasteiger charge is 2.26. The number of rotatable bonds is 5. The molecule has 1 aliphatic carbocycles. The molecule has 0 heterocycles. The number of hydrogen-bond acceptors (Lipinski definition) is 3. The fourth-order valence-electron chi connectivity index (χ4n) is 2.55. The summed E-state index contributed by atoms with van der Waals surface area (Å²) in [7, 11) is 2.01. The number of aryl methyl sites for hydroxylation is 1. The first-order valence-electron chi connectivity index (χ1n) is 7.46. The average molecular weight is 326 g/mol. The van der Waals surface area contributed by atoms with Crippen LogP contribution in [0.5, 0.6) is 0 Å². The number of halogens is 1. The Labute approximate surface area is 137 Å². The van der Waals surface area contributed by atoms with E-state index in [2.05, 4.69) is 16.6 Å². The van der Waals surface area contributed by atoms with Gasteiger partial charge in [0.25, 0.3) is 0 Å². The van der Waals surface area contributed by atoms with E-state index in [0.29, 0.717) is 0 Å². The maximum absolute atomic E-state index is 5.95. The predicted octanol–water partition coefficient (Wildman–Crippen LogP) is 5.12. The molecule has 2 rings (SSSR count). The molecule has 0 radical (unpaired) electrons. The summed E-state index contributed by atoms with van der Waals surface area (Å²) in [5, 5.41) is 0.751. The molecule has 0 saturated heterocycles. The number of nitrogens with one attached hydrogen (secondary N) is 1. The highest BCUT2D eigenvalue weighted by atomic mass is 35.5. The normalized spacial score (nSPS) is 18.1. The first kappa shape index (κ1) is 16.7. The molecular formula is C16H24ClN3S. The predicted molar refractivity (Wildman–Crippen MR) is 94.3 cm³/mol. The average Bonchev–Trinajstić information content (AvgIpc) is 2.45. The van der Waals surface area contributed by atoms with Crippen LogP contribution in [0.4, 0.5) is 5.69 Å². The largest absolute Gasteiger partial charge is 0.297 e. The van der Waals surface area contributed by atoms with Gasteiger partial charge in [0.1, 0.15) is 6.34 Å². The number of hydrogen-bond donors (Lipinski definition) is 1. The molecule has 1 aromatic carbocycles.